The molecule has 2 nitrogen and oxygen atoms in total. The molecule has 5 heteroatoms. The van der Waals surface area contributed by atoms with E-state index in [1.54, 1.807) is 36.4 Å². The molecule has 0 fully saturated rings. The molecule has 0 spiro atoms. The molecule has 0 bridgehead atoms. The smallest absolute Gasteiger partial charge is 0.193 e. The van der Waals surface area contributed by atoms with E-state index in [4.69, 9.17) is 0 Å². The van der Waals surface area contributed by atoms with Gasteiger partial charge in [0.15, 0.2) is 5.78 Å². The van der Waals surface area contributed by atoms with E-state index in [0.717, 1.165) is 11.3 Å². The summed E-state index contributed by atoms with van der Waals surface area (Å²) < 4.78 is 28.6. The van der Waals surface area contributed by atoms with Gasteiger partial charge in [0, 0.05) is 11.1 Å². The quantitative estimate of drug-likeness (QED) is 0.458. The zero-order valence-electron chi connectivity index (χ0n) is 12.9. The van der Waals surface area contributed by atoms with Crippen LogP contribution in [0.25, 0.3) is 20.8 Å². The fraction of sp³-hybridized carbons (Fsp3) is 0. The Bertz CT molecular complexity index is 1090. The van der Waals surface area contributed by atoms with Crippen LogP contribution in [0.1, 0.15) is 15.9 Å². The van der Waals surface area contributed by atoms with Gasteiger partial charge in [-0.2, -0.15) is 0 Å². The predicted molar refractivity (Wildman–Crippen MR) is 94.8 cm³/mol. The van der Waals surface area contributed by atoms with E-state index in [9.17, 15) is 13.6 Å². The van der Waals surface area contributed by atoms with Crippen LogP contribution in [0, 0.1) is 11.6 Å². The number of hydrogen-bond donors (Lipinski definition) is 0. The molecule has 25 heavy (non-hydrogen) atoms. The zero-order chi connectivity index (χ0) is 17.4. The van der Waals surface area contributed by atoms with E-state index >= 15 is 0 Å². The minimum absolute atomic E-state index is 0.151. The lowest BCUT2D eigenvalue weighted by Gasteiger charge is -2.07. The van der Waals surface area contributed by atoms with Crippen molar-refractivity contribution in [3.8, 4) is 10.6 Å². The maximum Gasteiger partial charge on any atom is 0.193 e. The van der Waals surface area contributed by atoms with Crippen LogP contribution in [0.3, 0.4) is 0 Å². The number of ketones is 1. The summed E-state index contributed by atoms with van der Waals surface area (Å²) in [4.78, 5) is 17.2. The molecule has 1 heterocycles. The van der Waals surface area contributed by atoms with Crippen LogP contribution in [0.15, 0.2) is 66.7 Å². The number of halogens is 2. The SMILES string of the molecule is O=C(c1ccccc1)c1cccc(F)c1-c1nc2ccc(F)cc2s1. The molecule has 3 aromatic carbocycles. The highest BCUT2D eigenvalue weighted by molar-refractivity contribution is 7.21. The number of hydrogen-bond acceptors (Lipinski definition) is 3. The number of carbonyl (C=O) groups is 1. The van der Waals surface area contributed by atoms with Crippen molar-refractivity contribution >= 4 is 27.3 Å². The molecule has 0 aliphatic heterocycles. The molecule has 0 N–H and O–H groups in total. The summed E-state index contributed by atoms with van der Waals surface area (Å²) in [5.74, 6) is -1.18. The van der Waals surface area contributed by atoms with E-state index in [2.05, 4.69) is 4.98 Å². The largest absolute Gasteiger partial charge is 0.289 e. The van der Waals surface area contributed by atoms with Gasteiger partial charge < -0.3 is 0 Å². The van der Waals surface area contributed by atoms with Gasteiger partial charge in [-0.1, -0.05) is 42.5 Å². The Labute approximate surface area is 146 Å². The van der Waals surface area contributed by atoms with Crippen LogP contribution in [-0.4, -0.2) is 10.8 Å². The summed E-state index contributed by atoms with van der Waals surface area (Å²) in [6.45, 7) is 0. The highest BCUT2D eigenvalue weighted by Crippen LogP contribution is 2.35. The second kappa shape index (κ2) is 6.18. The Kier molecular flexibility index (Phi) is 3.86. The first-order chi connectivity index (χ1) is 12.1. The Morgan fingerprint density at radius 1 is 0.920 bits per heavy atom. The third kappa shape index (κ3) is 2.83. The summed E-state index contributed by atoms with van der Waals surface area (Å²) in [6.07, 6.45) is 0. The molecule has 122 valence electrons. The molecule has 0 radical (unpaired) electrons. The van der Waals surface area contributed by atoms with E-state index in [0.29, 0.717) is 20.8 Å². The topological polar surface area (TPSA) is 30.0 Å². The molecule has 4 aromatic rings. The molecule has 0 aliphatic rings. The maximum absolute atomic E-state index is 14.6. The Morgan fingerprint density at radius 2 is 1.72 bits per heavy atom. The Hall–Kier alpha value is -2.92. The number of carbonyl (C=O) groups excluding carboxylic acids is 1. The number of rotatable bonds is 3. The van der Waals surface area contributed by atoms with Crippen molar-refractivity contribution in [2.24, 2.45) is 0 Å². The van der Waals surface area contributed by atoms with Gasteiger partial charge in [0.25, 0.3) is 0 Å². The number of fused-ring (bicyclic) bond motifs is 1. The molecule has 0 amide bonds. The summed E-state index contributed by atoms with van der Waals surface area (Å²) in [5, 5.41) is 0.359. The third-order valence-electron chi connectivity index (χ3n) is 3.86. The lowest BCUT2D eigenvalue weighted by Crippen LogP contribution is -2.04. The molecule has 1 aromatic heterocycles. The normalized spacial score (nSPS) is 11.0. The van der Waals surface area contributed by atoms with Gasteiger partial charge in [0.2, 0.25) is 0 Å². The first-order valence-corrected chi connectivity index (χ1v) is 8.40. The van der Waals surface area contributed by atoms with E-state index in [-0.39, 0.29) is 22.7 Å². The maximum atomic E-state index is 14.6. The van der Waals surface area contributed by atoms with Gasteiger partial charge in [0.05, 0.1) is 15.8 Å². The molecule has 0 saturated heterocycles. The van der Waals surface area contributed by atoms with Gasteiger partial charge in [-0.25, -0.2) is 13.8 Å². The van der Waals surface area contributed by atoms with Crippen molar-refractivity contribution in [2.75, 3.05) is 0 Å². The van der Waals surface area contributed by atoms with Gasteiger partial charge in [-0.15, -0.1) is 11.3 Å². The summed E-state index contributed by atoms with van der Waals surface area (Å²) in [5.41, 5.74) is 1.44. The molecule has 4 rings (SSSR count). The van der Waals surface area contributed by atoms with E-state index in [1.807, 2.05) is 6.07 Å². The number of nitrogens with zero attached hydrogens (tertiary/aromatic N) is 1. The van der Waals surface area contributed by atoms with Crippen LogP contribution in [0.4, 0.5) is 8.78 Å². The van der Waals surface area contributed by atoms with Gasteiger partial charge in [0.1, 0.15) is 16.6 Å². The lowest BCUT2D eigenvalue weighted by atomic mass is 9.98. The van der Waals surface area contributed by atoms with Crippen molar-refractivity contribution in [1.82, 2.24) is 4.98 Å². The first kappa shape index (κ1) is 15.6. The summed E-state index contributed by atoms with van der Waals surface area (Å²) >= 11 is 1.16. The molecule has 0 aliphatic carbocycles. The third-order valence-corrected chi connectivity index (χ3v) is 4.89. The second-order valence-electron chi connectivity index (χ2n) is 5.49. The number of aromatic nitrogens is 1. The first-order valence-electron chi connectivity index (χ1n) is 7.58. The Morgan fingerprint density at radius 3 is 2.52 bits per heavy atom. The van der Waals surface area contributed by atoms with Gasteiger partial charge in [-0.3, -0.25) is 4.79 Å². The molecule has 0 atom stereocenters. The van der Waals surface area contributed by atoms with Crippen molar-refractivity contribution in [3.63, 3.8) is 0 Å². The zero-order valence-corrected chi connectivity index (χ0v) is 13.7. The van der Waals surface area contributed by atoms with E-state index < -0.39 is 5.82 Å². The average Bonchev–Trinajstić information content (AvgIpc) is 3.04. The minimum Gasteiger partial charge on any atom is -0.289 e. The summed E-state index contributed by atoms with van der Waals surface area (Å²) in [7, 11) is 0. The van der Waals surface area contributed by atoms with Gasteiger partial charge in [-0.05, 0) is 24.3 Å². The van der Waals surface area contributed by atoms with Crippen LogP contribution in [0.2, 0.25) is 0 Å². The van der Waals surface area contributed by atoms with Crippen LogP contribution in [-0.2, 0) is 0 Å². The number of thiazole rings is 1. The predicted octanol–water partition coefficient (Wildman–Crippen LogP) is 5.47. The average molecular weight is 351 g/mol. The standard InChI is InChI=1S/C20H11F2NOS/c21-13-9-10-16-17(11-13)25-20(23-16)18-14(7-4-8-15(18)22)19(24)12-5-2-1-3-6-12/h1-11H. The molecular formula is C20H11F2NOS. The van der Waals surface area contributed by atoms with Crippen molar-refractivity contribution in [1.29, 1.82) is 0 Å². The highest BCUT2D eigenvalue weighted by Gasteiger charge is 2.21. The van der Waals surface area contributed by atoms with Crippen molar-refractivity contribution < 1.29 is 13.6 Å². The van der Waals surface area contributed by atoms with Gasteiger partial charge >= 0.3 is 0 Å². The Balaban J connectivity index is 1.90. The molecular weight excluding hydrogens is 340 g/mol. The highest BCUT2D eigenvalue weighted by atomic mass is 32.1. The van der Waals surface area contributed by atoms with Crippen molar-refractivity contribution in [2.45, 2.75) is 0 Å². The number of benzene rings is 3. The minimum atomic E-state index is -0.527. The summed E-state index contributed by atoms with van der Waals surface area (Å²) in [6, 6.07) is 17.3. The molecule has 0 saturated carbocycles. The monoisotopic (exact) mass is 351 g/mol. The van der Waals surface area contributed by atoms with Crippen LogP contribution < -0.4 is 0 Å². The van der Waals surface area contributed by atoms with Crippen LogP contribution in [0.5, 0.6) is 0 Å². The fourth-order valence-electron chi connectivity index (χ4n) is 2.68. The van der Waals surface area contributed by atoms with Crippen LogP contribution >= 0.6 is 11.3 Å². The second-order valence-corrected chi connectivity index (χ2v) is 6.52. The van der Waals surface area contributed by atoms with Crippen molar-refractivity contribution in [3.05, 3.63) is 89.5 Å². The fourth-order valence-corrected chi connectivity index (χ4v) is 3.73. The lowest BCUT2D eigenvalue weighted by molar-refractivity contribution is 0.103. The molecule has 0 unspecified atom stereocenters. The van der Waals surface area contributed by atoms with E-state index in [1.165, 1.54) is 24.3 Å².